The molecule has 0 atom stereocenters. The highest BCUT2D eigenvalue weighted by molar-refractivity contribution is 5.62. The van der Waals surface area contributed by atoms with Crippen molar-refractivity contribution < 1.29 is 4.42 Å². The van der Waals surface area contributed by atoms with Gasteiger partial charge in [0.1, 0.15) is 11.8 Å². The van der Waals surface area contributed by atoms with Crippen LogP contribution in [0.1, 0.15) is 5.69 Å². The second-order valence-corrected chi connectivity index (χ2v) is 2.38. The first-order valence-electron chi connectivity index (χ1n) is 3.65. The minimum Gasteiger partial charge on any atom is -0.472 e. The average molecular weight is 171 g/mol. The van der Waals surface area contributed by atoms with Gasteiger partial charge in [-0.25, -0.2) is 4.98 Å². The van der Waals surface area contributed by atoms with E-state index in [9.17, 15) is 0 Å². The predicted molar refractivity (Wildman–Crippen MR) is 44.4 cm³/mol. The molecule has 4 nitrogen and oxygen atoms in total. The molecule has 0 unspecified atom stereocenters. The Bertz CT molecular complexity index is 442. The largest absolute Gasteiger partial charge is 0.472 e. The van der Waals surface area contributed by atoms with Crippen molar-refractivity contribution in [2.45, 2.75) is 0 Å². The van der Waals surface area contributed by atoms with Gasteiger partial charge in [0.25, 0.3) is 0 Å². The summed E-state index contributed by atoms with van der Waals surface area (Å²) in [7, 11) is 0. The molecule has 0 aliphatic rings. The summed E-state index contributed by atoms with van der Waals surface area (Å²) < 4.78 is 4.89. The molecule has 2 aromatic rings. The van der Waals surface area contributed by atoms with Crippen molar-refractivity contribution in [3.8, 4) is 17.3 Å². The monoisotopic (exact) mass is 171 g/mol. The second kappa shape index (κ2) is 3.07. The first-order valence-corrected chi connectivity index (χ1v) is 3.65. The summed E-state index contributed by atoms with van der Waals surface area (Å²) in [6.07, 6.45) is 6.10. The van der Waals surface area contributed by atoms with E-state index in [1.54, 1.807) is 12.3 Å². The van der Waals surface area contributed by atoms with E-state index < -0.39 is 0 Å². The third-order valence-corrected chi connectivity index (χ3v) is 1.60. The molecule has 4 heteroatoms. The van der Waals surface area contributed by atoms with Crippen LogP contribution in [0.2, 0.25) is 0 Å². The first-order chi connectivity index (χ1) is 6.42. The van der Waals surface area contributed by atoms with Crippen molar-refractivity contribution in [1.29, 1.82) is 5.26 Å². The first kappa shape index (κ1) is 7.50. The van der Waals surface area contributed by atoms with E-state index in [-0.39, 0.29) is 0 Å². The van der Waals surface area contributed by atoms with E-state index >= 15 is 0 Å². The molecule has 2 rings (SSSR count). The van der Waals surface area contributed by atoms with E-state index in [1.807, 2.05) is 6.07 Å². The fourth-order valence-electron chi connectivity index (χ4n) is 1.03. The standard InChI is InChI=1S/C9H5N3O/c10-5-8-9(12-3-2-11-8)7-1-4-13-6-7/h1-4,6H. The molecule has 0 amide bonds. The van der Waals surface area contributed by atoms with Crippen molar-refractivity contribution in [1.82, 2.24) is 9.97 Å². The Hall–Kier alpha value is -2.15. The quantitative estimate of drug-likeness (QED) is 0.653. The molecule has 0 spiro atoms. The lowest BCUT2D eigenvalue weighted by Gasteiger charge is -1.95. The van der Waals surface area contributed by atoms with Gasteiger partial charge in [0.15, 0.2) is 5.69 Å². The molecule has 0 fully saturated rings. The molecule has 0 saturated heterocycles. The minimum absolute atomic E-state index is 0.309. The Balaban J connectivity index is 2.59. The van der Waals surface area contributed by atoms with Crippen molar-refractivity contribution in [3.05, 3.63) is 36.7 Å². The zero-order valence-corrected chi connectivity index (χ0v) is 6.64. The van der Waals surface area contributed by atoms with Gasteiger partial charge in [0, 0.05) is 18.0 Å². The maximum atomic E-state index is 8.73. The van der Waals surface area contributed by atoms with Gasteiger partial charge in [0.2, 0.25) is 0 Å². The Kier molecular flexibility index (Phi) is 1.77. The van der Waals surface area contributed by atoms with Gasteiger partial charge in [0.05, 0.1) is 12.5 Å². The van der Waals surface area contributed by atoms with Gasteiger partial charge >= 0.3 is 0 Å². The van der Waals surface area contributed by atoms with Crippen LogP contribution in [0.5, 0.6) is 0 Å². The second-order valence-electron chi connectivity index (χ2n) is 2.38. The lowest BCUT2D eigenvalue weighted by molar-refractivity contribution is 0.568. The minimum atomic E-state index is 0.309. The van der Waals surface area contributed by atoms with Crippen LogP contribution in [-0.4, -0.2) is 9.97 Å². The highest BCUT2D eigenvalue weighted by atomic mass is 16.3. The molecule has 2 aromatic heterocycles. The van der Waals surface area contributed by atoms with Gasteiger partial charge in [-0.3, -0.25) is 4.98 Å². The molecule has 62 valence electrons. The van der Waals surface area contributed by atoms with Gasteiger partial charge in [-0.05, 0) is 6.07 Å². The summed E-state index contributed by atoms with van der Waals surface area (Å²) in [5.74, 6) is 0. The summed E-state index contributed by atoms with van der Waals surface area (Å²) in [6.45, 7) is 0. The molecule has 0 N–H and O–H groups in total. The van der Waals surface area contributed by atoms with Crippen LogP contribution in [0.25, 0.3) is 11.3 Å². The fraction of sp³-hybridized carbons (Fsp3) is 0. The third kappa shape index (κ3) is 1.27. The normalized spacial score (nSPS) is 9.46. The maximum Gasteiger partial charge on any atom is 0.166 e. The van der Waals surface area contributed by atoms with Gasteiger partial charge in [-0.15, -0.1) is 0 Å². The molecule has 0 bridgehead atoms. The zero-order valence-electron chi connectivity index (χ0n) is 6.64. The summed E-state index contributed by atoms with van der Waals surface area (Å²) in [5.41, 5.74) is 1.63. The number of nitrogens with zero attached hydrogens (tertiary/aromatic N) is 3. The zero-order chi connectivity index (χ0) is 9.10. The molecule has 0 aliphatic carbocycles. The molecule has 0 saturated carbocycles. The Labute approximate surface area is 74.5 Å². The fourth-order valence-corrected chi connectivity index (χ4v) is 1.03. The highest BCUT2D eigenvalue weighted by Crippen LogP contribution is 2.18. The van der Waals surface area contributed by atoms with Crippen LogP contribution in [-0.2, 0) is 0 Å². The number of rotatable bonds is 1. The van der Waals surface area contributed by atoms with E-state index in [4.69, 9.17) is 9.68 Å². The van der Waals surface area contributed by atoms with Crippen LogP contribution in [0.4, 0.5) is 0 Å². The number of furan rings is 1. The molecular formula is C9H5N3O. The van der Waals surface area contributed by atoms with Crippen LogP contribution in [0, 0.1) is 11.3 Å². The van der Waals surface area contributed by atoms with Crippen molar-refractivity contribution in [3.63, 3.8) is 0 Å². The van der Waals surface area contributed by atoms with Crippen LogP contribution < -0.4 is 0 Å². The van der Waals surface area contributed by atoms with Crippen molar-refractivity contribution >= 4 is 0 Å². The average Bonchev–Trinajstić information content (AvgIpc) is 2.70. The molecule has 13 heavy (non-hydrogen) atoms. The van der Waals surface area contributed by atoms with E-state index in [0.29, 0.717) is 11.4 Å². The maximum absolute atomic E-state index is 8.73. The molecular weight excluding hydrogens is 166 g/mol. The smallest absolute Gasteiger partial charge is 0.166 e. The Morgan fingerprint density at radius 3 is 2.85 bits per heavy atom. The van der Waals surface area contributed by atoms with Crippen molar-refractivity contribution in [2.75, 3.05) is 0 Å². The van der Waals surface area contributed by atoms with E-state index in [1.165, 1.54) is 18.7 Å². The molecule has 0 aliphatic heterocycles. The van der Waals surface area contributed by atoms with Crippen LogP contribution >= 0.6 is 0 Å². The summed E-state index contributed by atoms with van der Waals surface area (Å²) in [4.78, 5) is 7.93. The summed E-state index contributed by atoms with van der Waals surface area (Å²) >= 11 is 0. The van der Waals surface area contributed by atoms with Crippen molar-refractivity contribution in [2.24, 2.45) is 0 Å². The summed E-state index contributed by atoms with van der Waals surface area (Å²) in [5, 5.41) is 8.73. The molecule has 2 heterocycles. The van der Waals surface area contributed by atoms with E-state index in [2.05, 4.69) is 9.97 Å². The van der Waals surface area contributed by atoms with Crippen LogP contribution in [0.3, 0.4) is 0 Å². The topological polar surface area (TPSA) is 62.7 Å². The number of hydrogen-bond donors (Lipinski definition) is 0. The number of nitriles is 1. The van der Waals surface area contributed by atoms with Crippen LogP contribution in [0.15, 0.2) is 35.4 Å². The highest BCUT2D eigenvalue weighted by Gasteiger charge is 2.07. The lowest BCUT2D eigenvalue weighted by Crippen LogP contribution is -1.89. The molecule has 0 radical (unpaired) electrons. The van der Waals surface area contributed by atoms with E-state index in [0.717, 1.165) is 5.56 Å². The summed E-state index contributed by atoms with van der Waals surface area (Å²) in [6, 6.07) is 3.71. The van der Waals surface area contributed by atoms with Gasteiger partial charge in [-0.2, -0.15) is 5.26 Å². The Morgan fingerprint density at radius 2 is 2.15 bits per heavy atom. The third-order valence-electron chi connectivity index (χ3n) is 1.60. The number of hydrogen-bond acceptors (Lipinski definition) is 4. The lowest BCUT2D eigenvalue weighted by atomic mass is 10.2. The number of aromatic nitrogens is 2. The Morgan fingerprint density at radius 1 is 1.31 bits per heavy atom. The van der Waals surface area contributed by atoms with Gasteiger partial charge < -0.3 is 4.42 Å². The SMILES string of the molecule is N#Cc1nccnc1-c1ccoc1. The predicted octanol–water partition coefficient (Wildman–Crippen LogP) is 1.61. The van der Waals surface area contributed by atoms with Gasteiger partial charge in [-0.1, -0.05) is 0 Å². The molecule has 0 aromatic carbocycles.